The van der Waals surface area contributed by atoms with E-state index >= 15 is 0 Å². The summed E-state index contributed by atoms with van der Waals surface area (Å²) in [6, 6.07) is 13.9. The Bertz CT molecular complexity index is 695. The predicted molar refractivity (Wildman–Crippen MR) is 98.4 cm³/mol. The lowest BCUT2D eigenvalue weighted by atomic mass is 10.0. The molecule has 132 valence electrons. The normalized spacial score (nSPS) is 11.6. The molecule has 0 aliphatic heterocycles. The second-order valence-corrected chi connectivity index (χ2v) is 6.24. The van der Waals surface area contributed by atoms with E-state index in [2.05, 4.69) is 41.5 Å². The minimum atomic E-state index is -1.01. The maximum Gasteiger partial charge on any atom is 0.0863 e. The molecule has 0 amide bonds. The number of nitrogens with zero attached hydrogens (tertiary/aromatic N) is 2. The maximum absolute atomic E-state index is 10.5. The molecule has 1 heterocycles. The van der Waals surface area contributed by atoms with E-state index in [9.17, 15) is 9.90 Å². The fourth-order valence-corrected chi connectivity index (χ4v) is 2.41. The van der Waals surface area contributed by atoms with Gasteiger partial charge in [-0.3, -0.25) is 10.4 Å². The van der Waals surface area contributed by atoms with Gasteiger partial charge >= 0.3 is 0 Å². The van der Waals surface area contributed by atoms with Crippen molar-refractivity contribution in [3.8, 4) is 0 Å². The first-order valence-electron chi connectivity index (χ1n) is 8.60. The third kappa shape index (κ3) is 6.37. The van der Waals surface area contributed by atoms with E-state index in [1.54, 1.807) is 6.20 Å². The molecular weight excluding hydrogens is 314 g/mol. The Labute approximate surface area is 148 Å². The van der Waals surface area contributed by atoms with Crippen molar-refractivity contribution in [1.82, 2.24) is 4.98 Å². The average molecular weight is 338 g/mol. The van der Waals surface area contributed by atoms with Crippen LogP contribution in [-0.2, 0) is 4.79 Å². The van der Waals surface area contributed by atoms with Crippen molar-refractivity contribution in [3.05, 3.63) is 59.9 Å². The van der Waals surface area contributed by atoms with Gasteiger partial charge in [0.15, 0.2) is 0 Å². The van der Waals surface area contributed by atoms with Gasteiger partial charge in [0.25, 0.3) is 0 Å². The molecule has 1 N–H and O–H groups in total. The molecule has 5 nitrogen and oxygen atoms in total. The van der Waals surface area contributed by atoms with E-state index in [-0.39, 0.29) is 6.42 Å². The lowest BCUT2D eigenvalue weighted by Crippen LogP contribution is -2.21. The van der Waals surface area contributed by atoms with E-state index in [0.29, 0.717) is 18.8 Å². The number of unbranched alkanes of at least 4 members (excludes halogenated alkanes) is 1. The van der Waals surface area contributed by atoms with Crippen LogP contribution in [0.3, 0.4) is 0 Å². The van der Waals surface area contributed by atoms with Crippen molar-refractivity contribution < 1.29 is 9.90 Å². The molecule has 2 aromatic rings. The number of anilines is 1. The Morgan fingerprint density at radius 3 is 2.44 bits per heavy atom. The van der Waals surface area contributed by atoms with Crippen LogP contribution in [0.1, 0.15) is 56.7 Å². The monoisotopic (exact) mass is 338 g/mol. The molecule has 0 radical (unpaired) electrons. The highest BCUT2D eigenvalue weighted by Crippen LogP contribution is 2.17. The van der Waals surface area contributed by atoms with Gasteiger partial charge in [-0.05, 0) is 61.4 Å². The molecular formula is C20H24N3O2-. The average Bonchev–Trinajstić information content (AvgIpc) is 2.62. The molecule has 1 aromatic heterocycles. The summed E-state index contributed by atoms with van der Waals surface area (Å²) in [6.45, 7) is 4.32. The Morgan fingerprint density at radius 1 is 1.12 bits per heavy atom. The topological polar surface area (TPSA) is 77.4 Å². The summed E-state index contributed by atoms with van der Waals surface area (Å²) in [7, 11) is 0. The number of carbonyl (C=O) groups excluding carboxylic acids is 1. The van der Waals surface area contributed by atoms with Crippen molar-refractivity contribution in [2.45, 2.75) is 45.4 Å². The lowest BCUT2D eigenvalue weighted by Gasteiger charge is -2.09. The smallest absolute Gasteiger partial charge is 0.0863 e. The maximum atomic E-state index is 10.5. The van der Waals surface area contributed by atoms with Gasteiger partial charge in [-0.1, -0.05) is 32.0 Å². The van der Waals surface area contributed by atoms with Crippen LogP contribution in [0.5, 0.6) is 0 Å². The van der Waals surface area contributed by atoms with Gasteiger partial charge in [0.1, 0.15) is 0 Å². The number of carboxylic acids is 1. The molecule has 0 aliphatic carbocycles. The summed E-state index contributed by atoms with van der Waals surface area (Å²) in [6.07, 6.45) is 3.74. The molecule has 0 saturated carbocycles. The molecule has 0 aliphatic rings. The largest absolute Gasteiger partial charge is 0.550 e. The number of hydrazone groups is 1. The van der Waals surface area contributed by atoms with E-state index in [4.69, 9.17) is 0 Å². The minimum Gasteiger partial charge on any atom is -0.550 e. The fourth-order valence-electron chi connectivity index (χ4n) is 2.41. The molecule has 25 heavy (non-hydrogen) atoms. The fraction of sp³-hybridized carbons (Fsp3) is 0.350. The molecule has 2 rings (SSSR count). The second-order valence-electron chi connectivity index (χ2n) is 6.24. The first-order valence-corrected chi connectivity index (χ1v) is 8.60. The zero-order chi connectivity index (χ0) is 18.1. The third-order valence-corrected chi connectivity index (χ3v) is 3.90. The van der Waals surface area contributed by atoms with Crippen molar-refractivity contribution >= 4 is 17.4 Å². The number of hydrogen-bond acceptors (Lipinski definition) is 5. The first kappa shape index (κ1) is 18.6. The van der Waals surface area contributed by atoms with E-state index in [1.165, 1.54) is 5.56 Å². The molecule has 1 aromatic carbocycles. The quantitative estimate of drug-likeness (QED) is 0.432. The number of nitrogens with one attached hydrogen (secondary N) is 1. The van der Waals surface area contributed by atoms with Crippen LogP contribution in [0.2, 0.25) is 0 Å². The van der Waals surface area contributed by atoms with Gasteiger partial charge in [0.05, 0.1) is 17.1 Å². The highest BCUT2D eigenvalue weighted by molar-refractivity contribution is 5.99. The number of carboxylic acid groups (broad SMARTS) is 1. The zero-order valence-electron chi connectivity index (χ0n) is 14.7. The zero-order valence-corrected chi connectivity index (χ0v) is 14.7. The van der Waals surface area contributed by atoms with Gasteiger partial charge in [0, 0.05) is 12.2 Å². The Morgan fingerprint density at radius 2 is 1.84 bits per heavy atom. The molecule has 0 spiro atoms. The predicted octanol–water partition coefficient (Wildman–Crippen LogP) is 3.33. The standard InChI is InChI=1S/C20H25N3O2/c1-15(2)16-10-12-17(13-11-16)22-23-19(8-3-4-9-20(24)25)18-7-5-6-14-21-18/h5-7,10-15,22H,3-4,8-9H2,1-2H3,(H,24,25)/p-1/b23-19-. The summed E-state index contributed by atoms with van der Waals surface area (Å²) >= 11 is 0. The number of pyridine rings is 1. The Hall–Kier alpha value is -2.69. The number of benzene rings is 1. The number of carbonyl (C=O) groups is 1. The molecule has 5 heteroatoms. The van der Waals surface area contributed by atoms with Crippen molar-refractivity contribution in [2.24, 2.45) is 5.10 Å². The van der Waals surface area contributed by atoms with Gasteiger partial charge in [-0.25, -0.2) is 0 Å². The summed E-state index contributed by atoms with van der Waals surface area (Å²) in [5.41, 5.74) is 6.87. The molecule has 0 saturated heterocycles. The SMILES string of the molecule is CC(C)c1ccc(N/N=C(/CCCCC(=O)[O-])c2ccccn2)cc1. The number of hydrogen-bond donors (Lipinski definition) is 1. The van der Waals surface area contributed by atoms with E-state index in [0.717, 1.165) is 23.5 Å². The number of aromatic nitrogens is 1. The van der Waals surface area contributed by atoms with Crippen LogP contribution in [0.25, 0.3) is 0 Å². The lowest BCUT2D eigenvalue weighted by molar-refractivity contribution is -0.305. The van der Waals surface area contributed by atoms with Gasteiger partial charge in [-0.2, -0.15) is 5.10 Å². The van der Waals surface area contributed by atoms with Crippen molar-refractivity contribution in [2.75, 3.05) is 5.43 Å². The second kappa shape index (κ2) is 9.57. The summed E-state index contributed by atoms with van der Waals surface area (Å²) in [5, 5.41) is 15.0. The summed E-state index contributed by atoms with van der Waals surface area (Å²) in [4.78, 5) is 14.9. The highest BCUT2D eigenvalue weighted by atomic mass is 16.4. The van der Waals surface area contributed by atoms with Crippen LogP contribution < -0.4 is 10.5 Å². The Kier molecular flexibility index (Phi) is 7.14. The highest BCUT2D eigenvalue weighted by Gasteiger charge is 2.06. The molecule has 0 bridgehead atoms. The third-order valence-electron chi connectivity index (χ3n) is 3.90. The van der Waals surface area contributed by atoms with Crippen molar-refractivity contribution in [1.29, 1.82) is 0 Å². The summed E-state index contributed by atoms with van der Waals surface area (Å²) < 4.78 is 0. The minimum absolute atomic E-state index is 0.0690. The van der Waals surface area contributed by atoms with Crippen molar-refractivity contribution in [3.63, 3.8) is 0 Å². The van der Waals surface area contributed by atoms with Gasteiger partial charge in [-0.15, -0.1) is 0 Å². The van der Waals surface area contributed by atoms with Crippen LogP contribution in [0.15, 0.2) is 53.8 Å². The number of aliphatic carboxylic acids is 1. The van der Waals surface area contributed by atoms with E-state index in [1.807, 2.05) is 30.3 Å². The first-order chi connectivity index (χ1) is 12.1. The molecule has 0 unspecified atom stereocenters. The number of rotatable bonds is 9. The van der Waals surface area contributed by atoms with Crippen LogP contribution >= 0.6 is 0 Å². The van der Waals surface area contributed by atoms with Crippen LogP contribution in [-0.4, -0.2) is 16.7 Å². The molecule has 0 atom stereocenters. The van der Waals surface area contributed by atoms with Gasteiger partial charge < -0.3 is 9.90 Å². The van der Waals surface area contributed by atoms with Crippen LogP contribution in [0.4, 0.5) is 5.69 Å². The van der Waals surface area contributed by atoms with Crippen LogP contribution in [0, 0.1) is 0 Å². The Balaban J connectivity index is 2.05. The summed E-state index contributed by atoms with van der Waals surface area (Å²) in [5.74, 6) is -0.523. The van der Waals surface area contributed by atoms with Gasteiger partial charge in [0.2, 0.25) is 0 Å². The molecule has 0 fully saturated rings. The van der Waals surface area contributed by atoms with E-state index < -0.39 is 5.97 Å².